The molecule has 0 aliphatic carbocycles. The zero-order valence-electron chi connectivity index (χ0n) is 13.5. The first-order valence-corrected chi connectivity index (χ1v) is 8.11. The number of carbonyl (C=O) groups is 1. The predicted molar refractivity (Wildman–Crippen MR) is 95.5 cm³/mol. The number of hydrogen-bond acceptors (Lipinski definition) is 4. The van der Waals surface area contributed by atoms with Crippen molar-refractivity contribution in [1.82, 2.24) is 9.38 Å². The lowest BCUT2D eigenvalue weighted by atomic mass is 10.1. The summed E-state index contributed by atoms with van der Waals surface area (Å²) in [5, 5.41) is 3.74. The standard InChI is InChI=1S/C18H18ClN3O2/c1-3-24-16(23)11-20-18-17(13-6-4-5-7-14(13)19)21-15-10-12(2)8-9-22(15)18/h4-10,20H,3,11H2,1-2H3. The van der Waals surface area contributed by atoms with Gasteiger partial charge in [0.1, 0.15) is 23.7 Å². The molecule has 1 N–H and O–H groups in total. The number of fused-ring (bicyclic) bond motifs is 1. The Kier molecular flexibility index (Phi) is 4.71. The zero-order chi connectivity index (χ0) is 17.1. The normalized spacial score (nSPS) is 10.8. The summed E-state index contributed by atoms with van der Waals surface area (Å²) in [7, 11) is 0. The number of imidazole rings is 1. The lowest BCUT2D eigenvalue weighted by Crippen LogP contribution is -2.17. The minimum Gasteiger partial charge on any atom is -0.465 e. The lowest BCUT2D eigenvalue weighted by Gasteiger charge is -2.09. The largest absolute Gasteiger partial charge is 0.465 e. The van der Waals surface area contributed by atoms with E-state index in [2.05, 4.69) is 5.32 Å². The molecule has 124 valence electrons. The van der Waals surface area contributed by atoms with Crippen molar-refractivity contribution in [1.29, 1.82) is 0 Å². The van der Waals surface area contributed by atoms with Gasteiger partial charge in [0, 0.05) is 11.8 Å². The van der Waals surface area contributed by atoms with Crippen LogP contribution in [0.3, 0.4) is 0 Å². The summed E-state index contributed by atoms with van der Waals surface area (Å²) in [5.41, 5.74) is 3.41. The number of ether oxygens (including phenoxy) is 1. The quantitative estimate of drug-likeness (QED) is 0.713. The van der Waals surface area contributed by atoms with Crippen LogP contribution in [0, 0.1) is 6.92 Å². The minimum absolute atomic E-state index is 0.0625. The molecule has 0 aliphatic rings. The van der Waals surface area contributed by atoms with Crippen LogP contribution in [0.4, 0.5) is 5.82 Å². The van der Waals surface area contributed by atoms with Gasteiger partial charge in [0.15, 0.2) is 0 Å². The molecule has 3 rings (SSSR count). The van der Waals surface area contributed by atoms with Gasteiger partial charge in [-0.25, -0.2) is 4.98 Å². The van der Waals surface area contributed by atoms with E-state index in [9.17, 15) is 4.79 Å². The second-order valence-corrected chi connectivity index (χ2v) is 5.79. The number of esters is 1. The van der Waals surface area contributed by atoms with Crippen molar-refractivity contribution < 1.29 is 9.53 Å². The van der Waals surface area contributed by atoms with E-state index in [0.717, 1.165) is 16.8 Å². The topological polar surface area (TPSA) is 55.6 Å². The fraction of sp³-hybridized carbons (Fsp3) is 0.222. The smallest absolute Gasteiger partial charge is 0.325 e. The summed E-state index contributed by atoms with van der Waals surface area (Å²) in [6, 6.07) is 11.5. The maximum atomic E-state index is 11.7. The van der Waals surface area contributed by atoms with Crippen LogP contribution in [0.5, 0.6) is 0 Å². The first kappa shape index (κ1) is 16.3. The van der Waals surface area contributed by atoms with Crippen molar-refractivity contribution in [2.75, 3.05) is 18.5 Å². The van der Waals surface area contributed by atoms with Crippen LogP contribution in [-0.4, -0.2) is 28.5 Å². The maximum Gasteiger partial charge on any atom is 0.325 e. The Morgan fingerprint density at radius 2 is 2.12 bits per heavy atom. The molecule has 0 radical (unpaired) electrons. The Morgan fingerprint density at radius 1 is 1.33 bits per heavy atom. The molecule has 0 amide bonds. The number of halogens is 1. The zero-order valence-corrected chi connectivity index (χ0v) is 14.3. The molecule has 0 aliphatic heterocycles. The van der Waals surface area contributed by atoms with Crippen molar-refractivity contribution in [3.63, 3.8) is 0 Å². The molecule has 0 spiro atoms. The molecule has 0 bridgehead atoms. The monoisotopic (exact) mass is 343 g/mol. The van der Waals surface area contributed by atoms with Gasteiger partial charge < -0.3 is 10.1 Å². The highest BCUT2D eigenvalue weighted by atomic mass is 35.5. The summed E-state index contributed by atoms with van der Waals surface area (Å²) in [4.78, 5) is 16.4. The third kappa shape index (κ3) is 3.21. The van der Waals surface area contributed by atoms with Crippen molar-refractivity contribution in [3.05, 3.63) is 53.2 Å². The number of nitrogens with zero attached hydrogens (tertiary/aromatic N) is 2. The van der Waals surface area contributed by atoms with Gasteiger partial charge in [-0.1, -0.05) is 29.8 Å². The second-order valence-electron chi connectivity index (χ2n) is 5.38. The summed E-state index contributed by atoms with van der Waals surface area (Å²) in [6.07, 6.45) is 1.92. The van der Waals surface area contributed by atoms with Crippen LogP contribution >= 0.6 is 11.6 Å². The van der Waals surface area contributed by atoms with Gasteiger partial charge in [-0.3, -0.25) is 9.20 Å². The molecular weight excluding hydrogens is 326 g/mol. The number of carbonyl (C=O) groups excluding carboxylic acids is 1. The van der Waals surface area contributed by atoms with E-state index in [1.165, 1.54) is 0 Å². The van der Waals surface area contributed by atoms with E-state index in [1.807, 2.05) is 53.9 Å². The van der Waals surface area contributed by atoms with Gasteiger partial charge in [-0.15, -0.1) is 0 Å². The molecule has 0 saturated carbocycles. The highest BCUT2D eigenvalue weighted by molar-refractivity contribution is 6.33. The number of hydrogen-bond donors (Lipinski definition) is 1. The number of anilines is 1. The molecule has 0 fully saturated rings. The molecule has 0 saturated heterocycles. The van der Waals surface area contributed by atoms with Crippen molar-refractivity contribution in [2.45, 2.75) is 13.8 Å². The molecule has 1 aromatic carbocycles. The Balaban J connectivity index is 2.08. The fourth-order valence-corrected chi connectivity index (χ4v) is 2.75. The molecule has 0 atom stereocenters. The second kappa shape index (κ2) is 6.93. The molecule has 24 heavy (non-hydrogen) atoms. The molecule has 0 unspecified atom stereocenters. The third-order valence-electron chi connectivity index (χ3n) is 3.62. The first-order chi connectivity index (χ1) is 11.6. The summed E-state index contributed by atoms with van der Waals surface area (Å²) >= 11 is 6.33. The van der Waals surface area contributed by atoms with Gasteiger partial charge in [0.2, 0.25) is 0 Å². The lowest BCUT2D eigenvalue weighted by molar-refractivity contribution is -0.140. The van der Waals surface area contributed by atoms with Crippen LogP contribution in [0.25, 0.3) is 16.9 Å². The highest BCUT2D eigenvalue weighted by Gasteiger charge is 2.17. The van der Waals surface area contributed by atoms with Gasteiger partial charge in [-0.05, 0) is 37.6 Å². The third-order valence-corrected chi connectivity index (χ3v) is 3.95. The predicted octanol–water partition coefficient (Wildman–Crippen LogP) is 3.94. The van der Waals surface area contributed by atoms with Crippen LogP contribution < -0.4 is 5.32 Å². The molecule has 2 aromatic heterocycles. The van der Waals surface area contributed by atoms with E-state index in [4.69, 9.17) is 21.3 Å². The Morgan fingerprint density at radius 3 is 2.88 bits per heavy atom. The average molecular weight is 344 g/mol. The van der Waals surface area contributed by atoms with Crippen molar-refractivity contribution >= 4 is 29.0 Å². The van der Waals surface area contributed by atoms with Gasteiger partial charge >= 0.3 is 5.97 Å². The summed E-state index contributed by atoms with van der Waals surface area (Å²) < 4.78 is 6.89. The van der Waals surface area contributed by atoms with E-state index >= 15 is 0 Å². The number of pyridine rings is 1. The van der Waals surface area contributed by atoms with Gasteiger partial charge in [0.05, 0.1) is 11.6 Å². The van der Waals surface area contributed by atoms with E-state index in [-0.39, 0.29) is 12.5 Å². The Labute approximate surface area is 145 Å². The number of nitrogens with one attached hydrogen (secondary N) is 1. The molecule has 2 heterocycles. The molecule has 5 nitrogen and oxygen atoms in total. The van der Waals surface area contributed by atoms with Crippen LogP contribution in [0.1, 0.15) is 12.5 Å². The molecule has 6 heteroatoms. The van der Waals surface area contributed by atoms with E-state index < -0.39 is 0 Å². The van der Waals surface area contributed by atoms with Crippen LogP contribution in [-0.2, 0) is 9.53 Å². The SMILES string of the molecule is CCOC(=O)CNc1c(-c2ccccc2Cl)nc2cc(C)ccn12. The van der Waals surface area contributed by atoms with E-state index in [0.29, 0.717) is 23.1 Å². The van der Waals surface area contributed by atoms with Crippen molar-refractivity contribution in [2.24, 2.45) is 0 Å². The van der Waals surface area contributed by atoms with Gasteiger partial charge in [0.25, 0.3) is 0 Å². The first-order valence-electron chi connectivity index (χ1n) is 7.73. The fourth-order valence-electron chi connectivity index (χ4n) is 2.52. The number of aromatic nitrogens is 2. The summed E-state index contributed by atoms with van der Waals surface area (Å²) in [6.45, 7) is 4.21. The average Bonchev–Trinajstić information content (AvgIpc) is 2.91. The number of aryl methyl sites for hydroxylation is 1. The highest BCUT2D eigenvalue weighted by Crippen LogP contribution is 2.33. The minimum atomic E-state index is -0.315. The van der Waals surface area contributed by atoms with Gasteiger partial charge in [-0.2, -0.15) is 0 Å². The van der Waals surface area contributed by atoms with E-state index in [1.54, 1.807) is 6.92 Å². The molecule has 3 aromatic rings. The van der Waals surface area contributed by atoms with Crippen LogP contribution in [0.15, 0.2) is 42.6 Å². The summed E-state index contributed by atoms with van der Waals surface area (Å²) in [5.74, 6) is 0.399. The van der Waals surface area contributed by atoms with Crippen LogP contribution in [0.2, 0.25) is 5.02 Å². The number of benzene rings is 1. The number of rotatable bonds is 5. The Bertz CT molecular complexity index is 889. The van der Waals surface area contributed by atoms with Crippen molar-refractivity contribution in [3.8, 4) is 11.3 Å². The molecular formula is C18H18ClN3O2. The maximum absolute atomic E-state index is 11.7. The Hall–Kier alpha value is -2.53.